The van der Waals surface area contributed by atoms with Crippen molar-refractivity contribution in [1.29, 1.82) is 0 Å². The van der Waals surface area contributed by atoms with Crippen LogP contribution in [0.1, 0.15) is 61.5 Å². The first-order valence-corrected chi connectivity index (χ1v) is 23.5. The summed E-state index contributed by atoms with van der Waals surface area (Å²) in [5.41, 5.74) is 2.52. The van der Waals surface area contributed by atoms with Crippen molar-refractivity contribution in [1.82, 2.24) is 19.1 Å². The van der Waals surface area contributed by atoms with Gasteiger partial charge >= 0.3 is 85.3 Å². The number of cyclic esters (lactones) is 2. The number of pyridine rings is 4. The molecule has 0 radical (unpaired) electrons. The van der Waals surface area contributed by atoms with Crippen molar-refractivity contribution in [3.8, 4) is 22.8 Å². The van der Waals surface area contributed by atoms with Crippen molar-refractivity contribution in [2.45, 2.75) is 64.2 Å². The second-order valence-corrected chi connectivity index (χ2v) is 17.9. The molecular weight excluding hydrogens is 984 g/mol. The van der Waals surface area contributed by atoms with Gasteiger partial charge in [0.2, 0.25) is 0 Å². The minimum Gasteiger partial charge on any atom is -1.00 e. The molecule has 70 heavy (non-hydrogen) atoms. The molecular formula is C43H40N4Na2O19P2. The topological polar surface area (TPSA) is 324 Å². The number of hydrogen-bond donors (Lipinski definition) is 4. The van der Waals surface area contributed by atoms with E-state index in [2.05, 4.69) is 13.9 Å². The number of phosphoric acid groups is 2. The molecule has 4 N–H and O–H groups in total. The normalized spacial score (nSPS) is 18.7. The average Bonchev–Trinajstić information content (AvgIpc) is 3.86. The van der Waals surface area contributed by atoms with Crippen molar-refractivity contribution < 1.29 is 142 Å². The number of esters is 2. The van der Waals surface area contributed by atoms with Gasteiger partial charge < -0.3 is 54.0 Å². The molecule has 0 aliphatic carbocycles. The maximum atomic E-state index is 13.3. The molecule has 358 valence electrons. The van der Waals surface area contributed by atoms with Gasteiger partial charge in [0.05, 0.1) is 58.0 Å². The van der Waals surface area contributed by atoms with Crippen LogP contribution in [-0.4, -0.2) is 71.0 Å². The third-order valence-corrected chi connectivity index (χ3v) is 12.7. The minimum atomic E-state index is -5.07. The summed E-state index contributed by atoms with van der Waals surface area (Å²) in [6, 6.07) is 22.5. The van der Waals surface area contributed by atoms with E-state index >= 15 is 0 Å². The predicted molar refractivity (Wildman–Crippen MR) is 231 cm³/mol. The molecule has 3 atom stereocenters. The molecule has 0 fully saturated rings. The number of benzene rings is 2. The van der Waals surface area contributed by atoms with Gasteiger partial charge in [-0.05, 0) is 49.2 Å². The zero-order valence-electron chi connectivity index (χ0n) is 38.8. The fraction of sp³-hybridized carbons (Fsp3) is 0.279. The molecule has 0 saturated heterocycles. The Labute approximate surface area is 441 Å². The van der Waals surface area contributed by atoms with Crippen LogP contribution in [0.25, 0.3) is 44.6 Å². The van der Waals surface area contributed by atoms with Crippen LogP contribution in [0.4, 0.5) is 0 Å². The number of rotatable bonds is 11. The van der Waals surface area contributed by atoms with Gasteiger partial charge in [-0.1, -0.05) is 50.2 Å². The fourth-order valence-corrected chi connectivity index (χ4v) is 9.07. The number of hydrogen-bond acceptors (Lipinski definition) is 18. The van der Waals surface area contributed by atoms with Gasteiger partial charge in [-0.15, -0.1) is 0 Å². The van der Waals surface area contributed by atoms with E-state index in [1.807, 2.05) is 60.7 Å². The Kier molecular flexibility index (Phi) is 17.1. The molecule has 0 amide bonds. The Morgan fingerprint density at radius 3 is 1.49 bits per heavy atom. The summed E-state index contributed by atoms with van der Waals surface area (Å²) in [7, 11) is -9.89. The van der Waals surface area contributed by atoms with Crippen LogP contribution in [-0.2, 0) is 93.9 Å². The number of fused-ring (bicyclic) bond motifs is 10. The molecule has 6 aromatic rings. The Morgan fingerprint density at radius 2 is 1.11 bits per heavy atom. The summed E-state index contributed by atoms with van der Waals surface area (Å²) in [6.45, 7) is 1.66. The second-order valence-electron chi connectivity index (χ2n) is 15.5. The first-order valence-electron chi connectivity index (χ1n) is 20.5. The molecule has 4 aliphatic rings. The van der Waals surface area contributed by atoms with Gasteiger partial charge in [-0.3, -0.25) is 28.0 Å². The maximum Gasteiger partial charge on any atom is 1.00 e. The molecule has 10 rings (SSSR count). The summed E-state index contributed by atoms with van der Waals surface area (Å²) in [5, 5.41) is 8.91. The van der Waals surface area contributed by atoms with E-state index in [1.54, 1.807) is 35.1 Å². The number of carbonyl (C=O) groups is 3. The molecule has 27 heteroatoms. The standard InChI is InChI=1S/2C21H19N2O8P.CH2O3.2Na.H/c2*1-2-21(30-11-31-32(26,27)28)15-8-17-18-13(7-12-5-3-4-6-16(12)22-18)9-23(17)19(24)14(15)10-29-20(21)25;2-1-4-3;;;/h2*3-8H,2,9-11H2,1H3,(H2,26,27,28);1,3H;;;/q;;;2*+1;-1/p-1/t2*21-;;;;/m00..../s1. The first kappa shape index (κ1) is 55.0. The number of phosphoric ester groups is 2. The Hall–Kier alpha value is -4.33. The summed E-state index contributed by atoms with van der Waals surface area (Å²) < 4.78 is 55.3. The van der Waals surface area contributed by atoms with Crippen molar-refractivity contribution in [3.63, 3.8) is 0 Å². The van der Waals surface area contributed by atoms with Crippen molar-refractivity contribution >= 4 is 55.9 Å². The molecule has 0 bridgehead atoms. The maximum absolute atomic E-state index is 13.3. The Morgan fingerprint density at radius 1 is 0.714 bits per heavy atom. The summed E-state index contributed by atoms with van der Waals surface area (Å²) in [4.78, 5) is 111. The van der Waals surface area contributed by atoms with Gasteiger partial charge in [0.25, 0.3) is 18.9 Å². The van der Waals surface area contributed by atoms with Crippen LogP contribution in [0, 0.1) is 0 Å². The molecule has 0 saturated carbocycles. The number of ether oxygens (including phenoxy) is 4. The average molecular weight is 1020 g/mol. The van der Waals surface area contributed by atoms with E-state index in [9.17, 15) is 33.2 Å². The number of aromatic nitrogens is 4. The fourth-order valence-electron chi connectivity index (χ4n) is 8.69. The molecule has 0 spiro atoms. The van der Waals surface area contributed by atoms with Gasteiger partial charge in [-0.2, -0.15) is 0 Å². The Bertz CT molecular complexity index is 3070. The van der Waals surface area contributed by atoms with E-state index in [4.69, 9.17) is 53.6 Å². The smallest absolute Gasteiger partial charge is 1.00 e. The van der Waals surface area contributed by atoms with E-state index in [1.165, 1.54) is 0 Å². The molecule has 4 aromatic heterocycles. The van der Waals surface area contributed by atoms with Crippen molar-refractivity contribution in [3.05, 3.63) is 127 Å². The summed E-state index contributed by atoms with van der Waals surface area (Å²) >= 11 is 0. The molecule has 2 aromatic carbocycles. The molecule has 23 nitrogen and oxygen atoms in total. The van der Waals surface area contributed by atoms with Crippen LogP contribution in [0.3, 0.4) is 0 Å². The van der Waals surface area contributed by atoms with Gasteiger partial charge in [0, 0.05) is 33.0 Å². The summed E-state index contributed by atoms with van der Waals surface area (Å²) in [5.74, 6) is -1.53. The third kappa shape index (κ3) is 10.5. The Balaban J connectivity index is 0.000000236. The van der Waals surface area contributed by atoms with E-state index in [0.29, 0.717) is 41.4 Å². The van der Waals surface area contributed by atoms with Crippen LogP contribution in [0.15, 0.2) is 82.4 Å². The number of nitrogens with zero attached hydrogens (tertiary/aromatic N) is 4. The van der Waals surface area contributed by atoms with Crippen molar-refractivity contribution in [2.75, 3.05) is 13.6 Å². The van der Waals surface area contributed by atoms with E-state index in [-0.39, 0.29) is 121 Å². The van der Waals surface area contributed by atoms with Gasteiger partial charge in [-0.25, -0.2) is 29.4 Å². The summed E-state index contributed by atoms with van der Waals surface area (Å²) in [6.07, 6.45) is 0.0991. The molecule has 1 unspecified atom stereocenters. The predicted octanol–water partition coefficient (Wildman–Crippen LogP) is -2.54. The van der Waals surface area contributed by atoms with E-state index < -0.39 is 52.4 Å². The quantitative estimate of drug-likeness (QED) is 0.0152. The monoisotopic (exact) mass is 1020 g/mol. The number of para-hydroxylation sites is 2. The van der Waals surface area contributed by atoms with Gasteiger partial charge in [0.1, 0.15) is 13.2 Å². The van der Waals surface area contributed by atoms with Crippen LogP contribution >= 0.6 is 15.6 Å². The zero-order chi connectivity index (χ0) is 48.8. The second kappa shape index (κ2) is 21.8. The largest absolute Gasteiger partial charge is 1.00 e. The minimum absolute atomic E-state index is 0. The van der Waals surface area contributed by atoms with Crippen molar-refractivity contribution in [2.24, 2.45) is 0 Å². The van der Waals surface area contributed by atoms with Crippen LogP contribution in [0.2, 0.25) is 0 Å². The molecule has 4 aliphatic heterocycles. The first-order chi connectivity index (χ1) is 32.4. The SMILES string of the molecule is CC[C@@]1(OCOP(=O)(O)O)C(=O)OCc2c1cc1n(c2=O)Cc2cc3ccccc3nc2-1.CC[C@@]1(OCOP(=O)([O-])O)C(=O)OCc2c1cc1n(c2=O)Cc2cc3ccccc3nc2-1.O=COO.[H-].[Na+].[Na+]. The zero-order valence-corrected chi connectivity index (χ0v) is 43.5. The third-order valence-electron chi connectivity index (χ3n) is 11.9. The van der Waals surface area contributed by atoms with Crippen LogP contribution < -0.4 is 75.1 Å². The molecule has 8 heterocycles. The number of carbonyl (C=O) groups excluding carboxylic acids is 3. The van der Waals surface area contributed by atoms with E-state index in [0.717, 1.165) is 32.9 Å². The van der Waals surface area contributed by atoms with Crippen LogP contribution in [0.5, 0.6) is 0 Å². The van der Waals surface area contributed by atoms with Gasteiger partial charge in [0.15, 0.2) is 24.8 Å².